The number of aliphatic carboxylic acids is 1. The first-order valence-electron chi connectivity index (χ1n) is 4.70. The van der Waals surface area contributed by atoms with Crippen LogP contribution in [0.25, 0.3) is 0 Å². The molecule has 1 aliphatic carbocycles. The smallest absolute Gasteiger partial charge is 0.323 e. The zero-order valence-corrected chi connectivity index (χ0v) is 8.89. The average molecular weight is 213 g/mol. The highest BCUT2D eigenvalue weighted by Gasteiger charge is 2.46. The van der Waals surface area contributed by atoms with Crippen molar-refractivity contribution in [3.63, 3.8) is 0 Å². The van der Waals surface area contributed by atoms with E-state index in [0.29, 0.717) is 12.8 Å². The van der Waals surface area contributed by atoms with Crippen molar-refractivity contribution in [2.24, 2.45) is 11.7 Å². The summed E-state index contributed by atoms with van der Waals surface area (Å²) in [5, 5.41) is 8.74. The fourth-order valence-corrected chi connectivity index (χ4v) is 1.64. The molecular formula is C10H15NO2S. The number of hydrogen-bond donors (Lipinski definition) is 3. The van der Waals surface area contributed by atoms with Crippen molar-refractivity contribution < 1.29 is 9.90 Å². The van der Waals surface area contributed by atoms with Crippen LogP contribution in [0.1, 0.15) is 25.7 Å². The largest absolute Gasteiger partial charge is 0.480 e. The predicted octanol–water partition coefficient (Wildman–Crippen LogP) is 0.892. The van der Waals surface area contributed by atoms with Crippen LogP contribution in [-0.4, -0.2) is 22.4 Å². The lowest BCUT2D eigenvalue weighted by Crippen LogP contribution is -2.57. The van der Waals surface area contributed by atoms with Crippen LogP contribution in [0.3, 0.4) is 0 Å². The van der Waals surface area contributed by atoms with Gasteiger partial charge in [-0.15, -0.1) is 5.92 Å². The fraction of sp³-hybridized carbons (Fsp3) is 0.700. The van der Waals surface area contributed by atoms with Crippen LogP contribution in [0, 0.1) is 17.8 Å². The van der Waals surface area contributed by atoms with Crippen LogP contribution in [0.2, 0.25) is 0 Å². The lowest BCUT2D eigenvalue weighted by atomic mass is 9.69. The second kappa shape index (κ2) is 4.72. The van der Waals surface area contributed by atoms with Crippen LogP contribution in [0.15, 0.2) is 0 Å². The maximum Gasteiger partial charge on any atom is 0.323 e. The van der Waals surface area contributed by atoms with E-state index in [2.05, 4.69) is 24.5 Å². The van der Waals surface area contributed by atoms with Crippen LogP contribution in [0.5, 0.6) is 0 Å². The standard InChI is InChI=1S/C10H15NO2S/c11-10(9(12)13)6-8(7-10)4-2-1-3-5-14/h8,14H,1,3,5-7,11H2,(H,12,13). The summed E-state index contributed by atoms with van der Waals surface area (Å²) in [7, 11) is 0. The Hall–Kier alpha value is -0.660. The third kappa shape index (κ3) is 2.66. The van der Waals surface area contributed by atoms with E-state index in [4.69, 9.17) is 10.8 Å². The molecule has 78 valence electrons. The van der Waals surface area contributed by atoms with Crippen LogP contribution < -0.4 is 5.73 Å². The van der Waals surface area contributed by atoms with Gasteiger partial charge in [-0.2, -0.15) is 12.6 Å². The Balaban J connectivity index is 2.26. The minimum Gasteiger partial charge on any atom is -0.480 e. The highest BCUT2D eigenvalue weighted by molar-refractivity contribution is 7.80. The summed E-state index contributed by atoms with van der Waals surface area (Å²) >= 11 is 4.07. The molecule has 3 nitrogen and oxygen atoms in total. The van der Waals surface area contributed by atoms with E-state index in [1.54, 1.807) is 0 Å². The van der Waals surface area contributed by atoms with Crippen LogP contribution in [0.4, 0.5) is 0 Å². The molecule has 14 heavy (non-hydrogen) atoms. The maximum absolute atomic E-state index is 10.6. The third-order valence-electron chi connectivity index (χ3n) is 2.41. The van der Waals surface area contributed by atoms with Crippen LogP contribution >= 0.6 is 12.6 Å². The van der Waals surface area contributed by atoms with Gasteiger partial charge in [0.2, 0.25) is 0 Å². The number of hydrogen-bond acceptors (Lipinski definition) is 3. The Kier molecular flexibility index (Phi) is 3.85. The van der Waals surface area contributed by atoms with Gasteiger partial charge in [-0.1, -0.05) is 5.92 Å². The summed E-state index contributed by atoms with van der Waals surface area (Å²) in [5.74, 6) is 6.16. The summed E-state index contributed by atoms with van der Waals surface area (Å²) in [4.78, 5) is 10.6. The molecule has 0 aromatic carbocycles. The molecule has 0 atom stereocenters. The molecule has 1 fully saturated rings. The number of thiol groups is 1. The summed E-state index contributed by atoms with van der Waals surface area (Å²) < 4.78 is 0. The molecule has 1 saturated carbocycles. The minimum atomic E-state index is -1.01. The first kappa shape index (κ1) is 11.4. The summed E-state index contributed by atoms with van der Waals surface area (Å²) in [6, 6.07) is 0. The lowest BCUT2D eigenvalue weighted by Gasteiger charge is -2.38. The van der Waals surface area contributed by atoms with Gasteiger partial charge in [0.05, 0.1) is 0 Å². The molecule has 0 aromatic rings. The van der Waals surface area contributed by atoms with E-state index in [0.717, 1.165) is 18.6 Å². The second-order valence-electron chi connectivity index (χ2n) is 3.71. The Bertz CT molecular complexity index is 274. The number of nitrogens with two attached hydrogens (primary N) is 1. The molecular weight excluding hydrogens is 198 g/mol. The zero-order valence-electron chi connectivity index (χ0n) is 7.99. The molecule has 0 radical (unpaired) electrons. The van der Waals surface area contributed by atoms with Gasteiger partial charge >= 0.3 is 5.97 Å². The van der Waals surface area contributed by atoms with E-state index < -0.39 is 11.5 Å². The van der Waals surface area contributed by atoms with Gasteiger partial charge in [0.1, 0.15) is 5.54 Å². The zero-order chi connectivity index (χ0) is 10.6. The molecule has 0 heterocycles. The molecule has 0 saturated heterocycles. The monoisotopic (exact) mass is 213 g/mol. The van der Waals surface area contributed by atoms with E-state index >= 15 is 0 Å². The molecule has 0 unspecified atom stereocenters. The first-order chi connectivity index (χ1) is 6.58. The van der Waals surface area contributed by atoms with E-state index in [1.165, 1.54) is 0 Å². The Morgan fingerprint density at radius 1 is 1.64 bits per heavy atom. The summed E-state index contributed by atoms with van der Waals surface area (Å²) in [6.07, 6.45) is 2.78. The minimum absolute atomic E-state index is 0.177. The van der Waals surface area contributed by atoms with Gasteiger partial charge < -0.3 is 10.8 Å². The first-order valence-corrected chi connectivity index (χ1v) is 5.33. The van der Waals surface area contributed by atoms with Crippen molar-refractivity contribution in [2.75, 3.05) is 5.75 Å². The average Bonchev–Trinajstić information content (AvgIpc) is 2.08. The highest BCUT2D eigenvalue weighted by atomic mass is 32.1. The number of carbonyl (C=O) groups is 1. The highest BCUT2D eigenvalue weighted by Crippen LogP contribution is 2.35. The topological polar surface area (TPSA) is 63.3 Å². The van der Waals surface area contributed by atoms with Gasteiger partial charge in [-0.25, -0.2) is 0 Å². The van der Waals surface area contributed by atoms with Crippen molar-refractivity contribution in [1.82, 2.24) is 0 Å². The molecule has 0 aromatic heterocycles. The van der Waals surface area contributed by atoms with Gasteiger partial charge in [0.15, 0.2) is 0 Å². The number of unbranched alkanes of at least 4 members (excludes halogenated alkanes) is 1. The third-order valence-corrected chi connectivity index (χ3v) is 2.73. The number of carboxylic acids is 1. The van der Waals surface area contributed by atoms with Gasteiger partial charge in [-0.05, 0) is 25.0 Å². The van der Waals surface area contributed by atoms with Gasteiger partial charge in [0.25, 0.3) is 0 Å². The Morgan fingerprint density at radius 3 is 2.79 bits per heavy atom. The molecule has 4 heteroatoms. The molecule has 1 aliphatic rings. The maximum atomic E-state index is 10.6. The molecule has 0 aliphatic heterocycles. The summed E-state index contributed by atoms with van der Waals surface area (Å²) in [6.45, 7) is 0. The van der Waals surface area contributed by atoms with Crippen molar-refractivity contribution in [3.05, 3.63) is 0 Å². The molecule has 3 N–H and O–H groups in total. The van der Waals surface area contributed by atoms with Crippen LogP contribution in [-0.2, 0) is 4.79 Å². The number of carboxylic acid groups (broad SMARTS) is 1. The van der Waals surface area contributed by atoms with Gasteiger partial charge in [0, 0.05) is 12.3 Å². The summed E-state index contributed by atoms with van der Waals surface area (Å²) in [5.41, 5.74) is 4.58. The molecule has 0 spiro atoms. The Morgan fingerprint density at radius 2 is 2.29 bits per heavy atom. The van der Waals surface area contributed by atoms with Crippen molar-refractivity contribution in [1.29, 1.82) is 0 Å². The van der Waals surface area contributed by atoms with E-state index in [9.17, 15) is 4.79 Å². The number of rotatable bonds is 3. The quantitative estimate of drug-likeness (QED) is 0.371. The second-order valence-corrected chi connectivity index (χ2v) is 4.16. The normalized spacial score (nSPS) is 30.0. The van der Waals surface area contributed by atoms with Crippen molar-refractivity contribution in [3.8, 4) is 11.8 Å². The van der Waals surface area contributed by atoms with Crippen molar-refractivity contribution >= 4 is 18.6 Å². The Labute approximate surface area is 89.5 Å². The molecule has 1 rings (SSSR count). The van der Waals surface area contributed by atoms with Crippen molar-refractivity contribution in [2.45, 2.75) is 31.2 Å². The fourth-order valence-electron chi connectivity index (χ4n) is 1.48. The molecule has 0 bridgehead atoms. The predicted molar refractivity (Wildman–Crippen MR) is 58.1 cm³/mol. The lowest BCUT2D eigenvalue weighted by molar-refractivity contribution is -0.147. The SMILES string of the molecule is NC1(C(=O)O)CC(C#CCCCS)C1. The van der Waals surface area contributed by atoms with E-state index in [-0.39, 0.29) is 5.92 Å². The van der Waals surface area contributed by atoms with Gasteiger partial charge in [-0.3, -0.25) is 4.79 Å². The van der Waals surface area contributed by atoms with E-state index in [1.807, 2.05) is 0 Å². The molecule has 0 amide bonds.